The first-order valence-electron chi connectivity index (χ1n) is 9.87. The number of halogens is 1. The summed E-state index contributed by atoms with van der Waals surface area (Å²) in [5.74, 6) is 0.0674. The van der Waals surface area contributed by atoms with Gasteiger partial charge in [-0.2, -0.15) is 0 Å². The number of nitrogens with zero attached hydrogens (tertiary/aromatic N) is 1. The molecule has 2 aromatic rings. The Labute approximate surface area is 177 Å². The van der Waals surface area contributed by atoms with E-state index in [-0.39, 0.29) is 17.9 Å². The average molecular weight is 456 g/mol. The molecule has 1 spiro atoms. The number of benzene rings is 2. The van der Waals surface area contributed by atoms with Crippen LogP contribution in [0.25, 0.3) is 0 Å². The van der Waals surface area contributed by atoms with Crippen molar-refractivity contribution in [3.05, 3.63) is 52.5 Å². The highest BCUT2D eigenvalue weighted by Gasteiger charge is 2.65. The van der Waals surface area contributed by atoms with E-state index in [2.05, 4.69) is 31.5 Å². The summed E-state index contributed by atoms with van der Waals surface area (Å²) in [6.45, 7) is 0.830. The molecule has 0 unspecified atom stereocenters. The van der Waals surface area contributed by atoms with Gasteiger partial charge in [-0.25, -0.2) is 0 Å². The summed E-state index contributed by atoms with van der Waals surface area (Å²) >= 11 is 3.54. The highest BCUT2D eigenvalue weighted by atomic mass is 79.9. The van der Waals surface area contributed by atoms with Crippen LogP contribution in [0.15, 0.2) is 46.9 Å². The molecule has 2 aromatic carbocycles. The summed E-state index contributed by atoms with van der Waals surface area (Å²) in [4.78, 5) is 29.1. The van der Waals surface area contributed by atoms with Gasteiger partial charge in [0.2, 0.25) is 11.8 Å². The fraction of sp³-hybridized carbons (Fsp3) is 0.364. The minimum absolute atomic E-state index is 0.0927. The largest absolute Gasteiger partial charge is 0.497 e. The Bertz CT molecular complexity index is 993. The molecule has 0 aromatic heterocycles. The molecule has 3 aliphatic rings. The van der Waals surface area contributed by atoms with Crippen molar-refractivity contribution in [2.24, 2.45) is 5.92 Å². The predicted octanol–water partition coefficient (Wildman–Crippen LogP) is 3.73. The molecule has 2 N–H and O–H groups in total. The molecule has 0 bridgehead atoms. The third-order valence-corrected chi connectivity index (χ3v) is 7.00. The predicted molar refractivity (Wildman–Crippen MR) is 114 cm³/mol. The van der Waals surface area contributed by atoms with Gasteiger partial charge in [-0.15, -0.1) is 0 Å². The van der Waals surface area contributed by atoms with E-state index < -0.39 is 11.5 Å². The summed E-state index contributed by atoms with van der Waals surface area (Å²) in [7, 11) is 1.61. The molecule has 0 aliphatic carbocycles. The quantitative estimate of drug-likeness (QED) is 0.739. The second-order valence-electron chi connectivity index (χ2n) is 7.91. The lowest BCUT2D eigenvalue weighted by molar-refractivity contribution is -0.135. The molecule has 0 saturated carbocycles. The zero-order chi connectivity index (χ0) is 20.2. The molecule has 3 atom stereocenters. The maximum atomic E-state index is 13.4. The zero-order valence-corrected chi connectivity index (χ0v) is 17.7. The van der Waals surface area contributed by atoms with Crippen LogP contribution in [0, 0.1) is 5.92 Å². The number of amides is 2. The lowest BCUT2D eigenvalue weighted by Gasteiger charge is -2.36. The topological polar surface area (TPSA) is 70.7 Å². The van der Waals surface area contributed by atoms with Crippen molar-refractivity contribution < 1.29 is 14.3 Å². The fourth-order valence-corrected chi connectivity index (χ4v) is 5.66. The van der Waals surface area contributed by atoms with Crippen LogP contribution in [0.4, 0.5) is 11.4 Å². The van der Waals surface area contributed by atoms with E-state index in [9.17, 15) is 9.59 Å². The van der Waals surface area contributed by atoms with Crippen molar-refractivity contribution in [2.75, 3.05) is 24.3 Å². The molecule has 5 rings (SSSR count). The maximum Gasteiger partial charge on any atom is 0.250 e. The van der Waals surface area contributed by atoms with Gasteiger partial charge in [0.25, 0.3) is 0 Å². The van der Waals surface area contributed by atoms with E-state index in [0.29, 0.717) is 12.1 Å². The van der Waals surface area contributed by atoms with E-state index in [1.54, 1.807) is 7.11 Å². The lowest BCUT2D eigenvalue weighted by atomic mass is 9.78. The van der Waals surface area contributed by atoms with Crippen LogP contribution < -0.4 is 15.4 Å². The van der Waals surface area contributed by atoms with Gasteiger partial charge in [0, 0.05) is 27.5 Å². The van der Waals surface area contributed by atoms with Gasteiger partial charge < -0.3 is 15.4 Å². The third-order valence-electron chi connectivity index (χ3n) is 6.50. The van der Waals surface area contributed by atoms with Crippen molar-refractivity contribution in [3.8, 4) is 5.75 Å². The monoisotopic (exact) mass is 455 g/mol. The molecule has 7 heteroatoms. The summed E-state index contributed by atoms with van der Waals surface area (Å²) in [5, 5.41) is 6.06. The summed E-state index contributed by atoms with van der Waals surface area (Å²) in [6.07, 6.45) is 2.75. The van der Waals surface area contributed by atoms with Gasteiger partial charge in [-0.3, -0.25) is 14.5 Å². The Hall–Kier alpha value is -2.38. The van der Waals surface area contributed by atoms with E-state index in [4.69, 9.17) is 4.74 Å². The number of carbonyl (C=O) groups is 2. The smallest absolute Gasteiger partial charge is 0.250 e. The first kappa shape index (κ1) is 18.6. The number of hydrogen-bond acceptors (Lipinski definition) is 4. The van der Waals surface area contributed by atoms with Crippen LogP contribution >= 0.6 is 15.9 Å². The molecule has 3 aliphatic heterocycles. The number of ether oxygens (including phenoxy) is 1. The number of nitrogens with one attached hydrogen (secondary N) is 2. The molecule has 6 nitrogen and oxygen atoms in total. The molecule has 29 heavy (non-hydrogen) atoms. The van der Waals surface area contributed by atoms with Gasteiger partial charge in [0.15, 0.2) is 0 Å². The Morgan fingerprint density at radius 1 is 1.28 bits per heavy atom. The highest BCUT2D eigenvalue weighted by Crippen LogP contribution is 2.55. The molecule has 150 valence electrons. The van der Waals surface area contributed by atoms with Gasteiger partial charge in [-0.05, 0) is 68.3 Å². The molecule has 0 radical (unpaired) electrons. The second-order valence-corrected chi connectivity index (χ2v) is 8.82. The van der Waals surface area contributed by atoms with Gasteiger partial charge >= 0.3 is 0 Å². The summed E-state index contributed by atoms with van der Waals surface area (Å²) in [6, 6.07) is 13.3. The van der Waals surface area contributed by atoms with Crippen LogP contribution in [-0.4, -0.2) is 36.4 Å². The Kier molecular flexibility index (Phi) is 4.40. The third kappa shape index (κ3) is 2.71. The molecule has 2 saturated heterocycles. The highest BCUT2D eigenvalue weighted by molar-refractivity contribution is 9.10. The lowest BCUT2D eigenvalue weighted by Crippen LogP contribution is -2.53. The fourth-order valence-electron chi connectivity index (χ4n) is 5.30. The number of anilines is 2. The number of carbonyl (C=O) groups excluding carboxylic acids is 2. The van der Waals surface area contributed by atoms with Crippen molar-refractivity contribution in [2.45, 2.75) is 30.8 Å². The van der Waals surface area contributed by atoms with Crippen LogP contribution in [0.2, 0.25) is 0 Å². The minimum Gasteiger partial charge on any atom is -0.497 e. The van der Waals surface area contributed by atoms with Gasteiger partial charge in [0.05, 0.1) is 13.0 Å². The number of methoxy groups -OCH3 is 1. The average Bonchev–Trinajstić information content (AvgIpc) is 3.37. The Morgan fingerprint density at radius 2 is 2.07 bits per heavy atom. The normalized spacial score (nSPS) is 27.6. The number of rotatable bonds is 3. The van der Waals surface area contributed by atoms with Crippen LogP contribution in [0.5, 0.6) is 5.75 Å². The zero-order valence-electron chi connectivity index (χ0n) is 16.1. The number of hydrogen-bond donors (Lipinski definition) is 2. The standard InChI is InChI=1S/C22H22BrN3O3/c1-29-16-7-5-14(6-8-16)24-20(27)18-12-15-3-2-10-26(15)22(18)17-11-13(23)4-9-19(17)25-21(22)28/h4-9,11,15,18H,2-3,10,12H2,1H3,(H,24,27)(H,25,28)/t15-,18+,22-/m0/s1. The van der Waals surface area contributed by atoms with Crippen molar-refractivity contribution in [3.63, 3.8) is 0 Å². The number of fused-ring (bicyclic) bond motifs is 4. The first-order valence-corrected chi connectivity index (χ1v) is 10.7. The Morgan fingerprint density at radius 3 is 2.83 bits per heavy atom. The summed E-state index contributed by atoms with van der Waals surface area (Å²) < 4.78 is 6.09. The van der Waals surface area contributed by atoms with Gasteiger partial charge in [0.1, 0.15) is 11.3 Å². The van der Waals surface area contributed by atoms with E-state index >= 15 is 0 Å². The molecular weight excluding hydrogens is 434 g/mol. The second kappa shape index (κ2) is 6.85. The van der Waals surface area contributed by atoms with Crippen LogP contribution in [0.1, 0.15) is 24.8 Å². The van der Waals surface area contributed by atoms with Crippen LogP contribution in [0.3, 0.4) is 0 Å². The van der Waals surface area contributed by atoms with E-state index in [1.165, 1.54) is 0 Å². The van der Waals surface area contributed by atoms with Gasteiger partial charge in [-0.1, -0.05) is 15.9 Å². The van der Waals surface area contributed by atoms with E-state index in [0.717, 1.165) is 40.9 Å². The molecule has 3 heterocycles. The van der Waals surface area contributed by atoms with Crippen molar-refractivity contribution in [1.29, 1.82) is 0 Å². The van der Waals surface area contributed by atoms with Crippen molar-refractivity contribution >= 4 is 39.1 Å². The van der Waals surface area contributed by atoms with Crippen molar-refractivity contribution in [1.82, 2.24) is 4.90 Å². The minimum atomic E-state index is -0.948. The first-order chi connectivity index (χ1) is 14.0. The summed E-state index contributed by atoms with van der Waals surface area (Å²) in [5.41, 5.74) is 1.45. The molecular formula is C22H22BrN3O3. The van der Waals surface area contributed by atoms with Crippen LogP contribution in [-0.2, 0) is 15.1 Å². The Balaban J connectivity index is 1.55. The SMILES string of the molecule is COc1ccc(NC(=O)[C@H]2C[C@@H]3CCCN3[C@]23C(=O)Nc2ccc(Br)cc23)cc1. The molecule has 2 fully saturated rings. The molecule has 2 amide bonds. The van der Waals surface area contributed by atoms with E-state index in [1.807, 2.05) is 42.5 Å². The maximum absolute atomic E-state index is 13.4.